The molecule has 0 aliphatic carbocycles. The number of hydrogen-bond donors (Lipinski definition) is 3. The highest BCUT2D eigenvalue weighted by molar-refractivity contribution is 7.80. The molecule has 0 aromatic heterocycles. The molecule has 2 aromatic carbocycles. The molecular weight excluding hydrogens is 234 g/mol. The molecule has 0 aliphatic rings. The van der Waals surface area contributed by atoms with Crippen LogP contribution in [-0.2, 0) is 4.79 Å². The standard InChI is InChI=1S/C12H11N3OS/c16-8-13-15-12(17)14-11-7-3-5-9-4-1-2-6-10(9)11/h1-8H,(H,13,16)(H2,14,15,17). The molecule has 0 radical (unpaired) electrons. The third kappa shape index (κ3) is 2.70. The predicted molar refractivity (Wildman–Crippen MR) is 72.5 cm³/mol. The first-order chi connectivity index (χ1) is 8.31. The summed E-state index contributed by atoms with van der Waals surface area (Å²) in [7, 11) is 0. The van der Waals surface area contributed by atoms with Crippen LogP contribution >= 0.6 is 12.2 Å². The Balaban J connectivity index is 2.23. The van der Waals surface area contributed by atoms with Crippen molar-refractivity contribution in [2.24, 2.45) is 0 Å². The lowest BCUT2D eigenvalue weighted by Crippen LogP contribution is -2.39. The van der Waals surface area contributed by atoms with Gasteiger partial charge in [-0.05, 0) is 23.7 Å². The van der Waals surface area contributed by atoms with Crippen LogP contribution in [0.2, 0.25) is 0 Å². The predicted octanol–water partition coefficient (Wildman–Crippen LogP) is 1.79. The van der Waals surface area contributed by atoms with Crippen molar-refractivity contribution in [3.8, 4) is 0 Å². The van der Waals surface area contributed by atoms with E-state index in [2.05, 4.69) is 16.2 Å². The van der Waals surface area contributed by atoms with Gasteiger partial charge in [-0.25, -0.2) is 0 Å². The summed E-state index contributed by atoms with van der Waals surface area (Å²) in [6.45, 7) is 0. The molecule has 17 heavy (non-hydrogen) atoms. The maximum Gasteiger partial charge on any atom is 0.225 e. The van der Waals surface area contributed by atoms with Crippen molar-refractivity contribution in [2.75, 3.05) is 5.32 Å². The minimum atomic E-state index is 0.341. The number of nitrogens with one attached hydrogen (secondary N) is 3. The fraction of sp³-hybridized carbons (Fsp3) is 0. The van der Waals surface area contributed by atoms with Crippen molar-refractivity contribution >= 4 is 40.2 Å². The number of hydrazine groups is 1. The molecule has 2 aromatic rings. The van der Waals surface area contributed by atoms with Crippen molar-refractivity contribution in [3.05, 3.63) is 42.5 Å². The van der Waals surface area contributed by atoms with E-state index in [9.17, 15) is 4.79 Å². The smallest absolute Gasteiger partial charge is 0.225 e. The Morgan fingerprint density at radius 2 is 1.88 bits per heavy atom. The average Bonchev–Trinajstić information content (AvgIpc) is 2.37. The van der Waals surface area contributed by atoms with Crippen molar-refractivity contribution in [1.82, 2.24) is 10.9 Å². The third-order valence-electron chi connectivity index (χ3n) is 2.28. The second-order valence-electron chi connectivity index (χ2n) is 3.37. The number of carbonyl (C=O) groups excluding carboxylic acids is 1. The van der Waals surface area contributed by atoms with Crippen LogP contribution in [0.4, 0.5) is 5.69 Å². The summed E-state index contributed by atoms with van der Waals surface area (Å²) >= 11 is 5.02. The van der Waals surface area contributed by atoms with Gasteiger partial charge in [0, 0.05) is 11.1 Å². The van der Waals surface area contributed by atoms with Gasteiger partial charge < -0.3 is 5.32 Å². The highest BCUT2D eigenvalue weighted by Gasteiger charge is 2.01. The van der Waals surface area contributed by atoms with E-state index in [1.165, 1.54) is 0 Å². The van der Waals surface area contributed by atoms with Crippen molar-refractivity contribution in [1.29, 1.82) is 0 Å². The Labute approximate surface area is 104 Å². The first kappa shape index (κ1) is 11.3. The molecule has 0 aliphatic heterocycles. The molecule has 2 rings (SSSR count). The zero-order valence-corrected chi connectivity index (χ0v) is 9.75. The lowest BCUT2D eigenvalue weighted by molar-refractivity contribution is -0.110. The molecule has 1 amide bonds. The molecule has 0 heterocycles. The van der Waals surface area contributed by atoms with Crippen LogP contribution in [-0.4, -0.2) is 11.5 Å². The van der Waals surface area contributed by atoms with Crippen LogP contribution in [0, 0.1) is 0 Å². The molecule has 0 unspecified atom stereocenters. The second kappa shape index (κ2) is 5.27. The monoisotopic (exact) mass is 245 g/mol. The molecule has 3 N–H and O–H groups in total. The number of thiocarbonyl (C=S) groups is 1. The SMILES string of the molecule is O=CNNC(=S)Nc1cccc2ccccc12. The fourth-order valence-corrected chi connectivity index (χ4v) is 1.75. The van der Waals surface area contributed by atoms with Crippen molar-refractivity contribution in [2.45, 2.75) is 0 Å². The van der Waals surface area contributed by atoms with E-state index in [0.29, 0.717) is 11.5 Å². The van der Waals surface area contributed by atoms with Gasteiger partial charge in [-0.15, -0.1) is 0 Å². The summed E-state index contributed by atoms with van der Waals surface area (Å²) in [6.07, 6.45) is 0.525. The number of anilines is 1. The number of benzene rings is 2. The summed E-state index contributed by atoms with van der Waals surface area (Å²) < 4.78 is 0. The minimum Gasteiger partial charge on any atom is -0.331 e. The Hall–Kier alpha value is -2.14. The van der Waals surface area contributed by atoms with E-state index in [4.69, 9.17) is 12.2 Å². The van der Waals surface area contributed by atoms with Gasteiger partial charge in [-0.3, -0.25) is 15.6 Å². The second-order valence-corrected chi connectivity index (χ2v) is 3.78. The lowest BCUT2D eigenvalue weighted by Gasteiger charge is -2.11. The molecule has 0 fully saturated rings. The quantitative estimate of drug-likeness (QED) is 0.438. The topological polar surface area (TPSA) is 53.2 Å². The Kier molecular flexibility index (Phi) is 3.52. The number of carbonyl (C=O) groups is 1. The molecule has 4 nitrogen and oxygen atoms in total. The number of rotatable bonds is 3. The zero-order valence-electron chi connectivity index (χ0n) is 8.94. The maximum atomic E-state index is 10.1. The van der Waals surface area contributed by atoms with E-state index >= 15 is 0 Å². The average molecular weight is 245 g/mol. The summed E-state index contributed by atoms with van der Waals surface area (Å²) in [5.74, 6) is 0. The molecular formula is C12H11N3OS. The highest BCUT2D eigenvalue weighted by atomic mass is 32.1. The highest BCUT2D eigenvalue weighted by Crippen LogP contribution is 2.22. The number of fused-ring (bicyclic) bond motifs is 1. The molecule has 0 spiro atoms. The molecule has 0 bridgehead atoms. The summed E-state index contributed by atoms with van der Waals surface area (Å²) in [5, 5.41) is 5.56. The van der Waals surface area contributed by atoms with E-state index in [-0.39, 0.29) is 0 Å². The van der Waals surface area contributed by atoms with Gasteiger partial charge in [-0.2, -0.15) is 0 Å². The van der Waals surface area contributed by atoms with Gasteiger partial charge in [0.1, 0.15) is 0 Å². The van der Waals surface area contributed by atoms with E-state index in [0.717, 1.165) is 16.5 Å². The molecule has 0 saturated heterocycles. The van der Waals surface area contributed by atoms with Crippen LogP contribution in [0.25, 0.3) is 10.8 Å². The van der Waals surface area contributed by atoms with E-state index < -0.39 is 0 Å². The van der Waals surface area contributed by atoms with Gasteiger partial charge in [-0.1, -0.05) is 36.4 Å². The molecule has 86 valence electrons. The Morgan fingerprint density at radius 1 is 1.12 bits per heavy atom. The largest absolute Gasteiger partial charge is 0.331 e. The van der Waals surface area contributed by atoms with Crippen LogP contribution < -0.4 is 16.2 Å². The minimum absolute atomic E-state index is 0.341. The van der Waals surface area contributed by atoms with Gasteiger partial charge in [0.2, 0.25) is 6.41 Å². The Morgan fingerprint density at radius 3 is 2.71 bits per heavy atom. The van der Waals surface area contributed by atoms with Gasteiger partial charge >= 0.3 is 0 Å². The first-order valence-electron chi connectivity index (χ1n) is 5.05. The third-order valence-corrected chi connectivity index (χ3v) is 2.49. The van der Waals surface area contributed by atoms with Gasteiger partial charge in [0.05, 0.1) is 0 Å². The van der Waals surface area contributed by atoms with Crippen molar-refractivity contribution in [3.63, 3.8) is 0 Å². The molecule has 0 atom stereocenters. The fourth-order valence-electron chi connectivity index (χ4n) is 1.58. The first-order valence-corrected chi connectivity index (χ1v) is 5.46. The molecule has 5 heteroatoms. The van der Waals surface area contributed by atoms with E-state index in [1.54, 1.807) is 0 Å². The summed E-state index contributed by atoms with van der Waals surface area (Å²) in [6, 6.07) is 13.9. The maximum absolute atomic E-state index is 10.1. The lowest BCUT2D eigenvalue weighted by atomic mass is 10.1. The van der Waals surface area contributed by atoms with Crippen molar-refractivity contribution < 1.29 is 4.79 Å². The van der Waals surface area contributed by atoms with Crippen LogP contribution in [0.1, 0.15) is 0 Å². The van der Waals surface area contributed by atoms with Gasteiger partial charge in [0.15, 0.2) is 5.11 Å². The van der Waals surface area contributed by atoms with E-state index in [1.807, 2.05) is 42.5 Å². The summed E-state index contributed by atoms with van der Waals surface area (Å²) in [4.78, 5) is 10.1. The normalized spacial score (nSPS) is 9.65. The molecule has 0 saturated carbocycles. The number of hydrogen-bond acceptors (Lipinski definition) is 2. The van der Waals surface area contributed by atoms with Crippen LogP contribution in [0.5, 0.6) is 0 Å². The van der Waals surface area contributed by atoms with Crippen LogP contribution in [0.15, 0.2) is 42.5 Å². The van der Waals surface area contributed by atoms with Gasteiger partial charge in [0.25, 0.3) is 0 Å². The zero-order chi connectivity index (χ0) is 12.1. The Bertz CT molecular complexity index is 551. The van der Waals surface area contributed by atoms with Crippen LogP contribution in [0.3, 0.4) is 0 Å². The number of amides is 1. The summed E-state index contributed by atoms with van der Waals surface area (Å²) in [5.41, 5.74) is 5.73.